The van der Waals surface area contributed by atoms with Crippen LogP contribution < -0.4 is 5.32 Å². The van der Waals surface area contributed by atoms with Gasteiger partial charge in [-0.15, -0.1) is 0 Å². The number of carbonyl (C=O) groups excluding carboxylic acids is 1. The van der Waals surface area contributed by atoms with Crippen molar-refractivity contribution in [1.29, 1.82) is 0 Å². The van der Waals surface area contributed by atoms with Gasteiger partial charge in [-0.1, -0.05) is 6.92 Å². The first-order valence-electron chi connectivity index (χ1n) is 5.32. The molecule has 2 fully saturated rings. The molecule has 2 aliphatic rings. The van der Waals surface area contributed by atoms with Crippen molar-refractivity contribution in [2.75, 3.05) is 26.2 Å². The van der Waals surface area contributed by atoms with Crippen molar-refractivity contribution in [3.05, 3.63) is 0 Å². The van der Waals surface area contributed by atoms with E-state index in [1.54, 1.807) is 0 Å². The van der Waals surface area contributed by atoms with E-state index in [4.69, 9.17) is 0 Å². The highest BCUT2D eigenvalue weighted by Gasteiger charge is 2.40. The molecule has 3 heteroatoms. The lowest BCUT2D eigenvalue weighted by molar-refractivity contribution is -0.131. The average Bonchev–Trinajstić information content (AvgIpc) is 2.46. The maximum absolute atomic E-state index is 11.8. The third-order valence-electron chi connectivity index (χ3n) is 3.18. The van der Waals surface area contributed by atoms with Crippen LogP contribution in [0, 0.1) is 11.8 Å². The van der Waals surface area contributed by atoms with Crippen LogP contribution in [0.25, 0.3) is 0 Å². The van der Waals surface area contributed by atoms with Crippen LogP contribution in [-0.2, 0) is 4.79 Å². The number of hydrogen-bond donors (Lipinski definition) is 1. The van der Waals surface area contributed by atoms with Crippen LogP contribution in [-0.4, -0.2) is 37.0 Å². The molecule has 2 unspecified atom stereocenters. The minimum Gasteiger partial charge on any atom is -0.342 e. The third-order valence-corrected chi connectivity index (χ3v) is 3.18. The van der Waals surface area contributed by atoms with E-state index >= 15 is 0 Å². The SMILES string of the molecule is CCCN1CC2CNCCC2C1=O. The number of likely N-dealkylation sites (tertiary alicyclic amines) is 1. The number of amides is 1. The molecular formula is C10H18N2O. The summed E-state index contributed by atoms with van der Waals surface area (Å²) in [5.41, 5.74) is 0. The van der Waals surface area contributed by atoms with Crippen LogP contribution in [0.3, 0.4) is 0 Å². The van der Waals surface area contributed by atoms with E-state index in [0.717, 1.165) is 39.0 Å². The molecule has 2 saturated heterocycles. The molecule has 1 N–H and O–H groups in total. The molecule has 0 saturated carbocycles. The zero-order valence-electron chi connectivity index (χ0n) is 8.25. The fraction of sp³-hybridized carbons (Fsp3) is 0.900. The van der Waals surface area contributed by atoms with Gasteiger partial charge in [0, 0.05) is 31.5 Å². The van der Waals surface area contributed by atoms with E-state index in [2.05, 4.69) is 12.2 Å². The van der Waals surface area contributed by atoms with Crippen molar-refractivity contribution in [2.45, 2.75) is 19.8 Å². The largest absolute Gasteiger partial charge is 0.342 e. The highest BCUT2D eigenvalue weighted by atomic mass is 16.2. The normalized spacial score (nSPS) is 33.6. The molecule has 0 aromatic rings. The zero-order chi connectivity index (χ0) is 9.26. The summed E-state index contributed by atoms with van der Waals surface area (Å²) in [6.07, 6.45) is 2.13. The van der Waals surface area contributed by atoms with Gasteiger partial charge in [0.25, 0.3) is 0 Å². The molecule has 0 spiro atoms. The summed E-state index contributed by atoms with van der Waals surface area (Å²) < 4.78 is 0. The quantitative estimate of drug-likeness (QED) is 0.673. The van der Waals surface area contributed by atoms with Crippen LogP contribution in [0.5, 0.6) is 0 Å². The first-order chi connectivity index (χ1) is 6.33. The van der Waals surface area contributed by atoms with Crippen LogP contribution in [0.4, 0.5) is 0 Å². The molecule has 3 nitrogen and oxygen atoms in total. The van der Waals surface area contributed by atoms with Gasteiger partial charge in [-0.25, -0.2) is 0 Å². The Hall–Kier alpha value is -0.570. The van der Waals surface area contributed by atoms with E-state index in [9.17, 15) is 4.79 Å². The molecule has 0 bridgehead atoms. The van der Waals surface area contributed by atoms with Gasteiger partial charge < -0.3 is 10.2 Å². The number of nitrogens with zero attached hydrogens (tertiary/aromatic N) is 1. The van der Waals surface area contributed by atoms with Crippen LogP contribution in [0.15, 0.2) is 0 Å². The summed E-state index contributed by atoms with van der Waals surface area (Å²) in [5.74, 6) is 1.34. The van der Waals surface area contributed by atoms with Crippen molar-refractivity contribution in [1.82, 2.24) is 10.2 Å². The molecule has 0 aromatic carbocycles. The van der Waals surface area contributed by atoms with Crippen molar-refractivity contribution >= 4 is 5.91 Å². The van der Waals surface area contributed by atoms with Gasteiger partial charge in [-0.05, 0) is 19.4 Å². The van der Waals surface area contributed by atoms with Crippen molar-refractivity contribution < 1.29 is 4.79 Å². The number of nitrogens with one attached hydrogen (secondary N) is 1. The Balaban J connectivity index is 2.01. The second-order valence-electron chi connectivity index (χ2n) is 4.14. The number of piperidine rings is 1. The summed E-state index contributed by atoms with van der Waals surface area (Å²) in [6, 6.07) is 0. The van der Waals surface area contributed by atoms with Gasteiger partial charge >= 0.3 is 0 Å². The molecule has 74 valence electrons. The summed E-state index contributed by atoms with van der Waals surface area (Å²) in [7, 11) is 0. The Bertz CT molecular complexity index is 205. The number of rotatable bonds is 2. The summed E-state index contributed by atoms with van der Waals surface area (Å²) in [6.45, 7) is 6.13. The van der Waals surface area contributed by atoms with E-state index in [1.165, 1.54) is 0 Å². The van der Waals surface area contributed by atoms with E-state index in [-0.39, 0.29) is 0 Å². The third kappa shape index (κ3) is 1.57. The molecule has 0 radical (unpaired) electrons. The lowest BCUT2D eigenvalue weighted by Gasteiger charge is -2.22. The van der Waals surface area contributed by atoms with Gasteiger partial charge in [-0.3, -0.25) is 4.79 Å². The minimum atomic E-state index is 0.341. The number of fused-ring (bicyclic) bond motifs is 1. The molecule has 2 heterocycles. The first-order valence-corrected chi connectivity index (χ1v) is 5.32. The second-order valence-corrected chi connectivity index (χ2v) is 4.14. The zero-order valence-corrected chi connectivity index (χ0v) is 8.25. The van der Waals surface area contributed by atoms with Gasteiger partial charge in [-0.2, -0.15) is 0 Å². The first kappa shape index (κ1) is 9.00. The fourth-order valence-electron chi connectivity index (χ4n) is 2.52. The van der Waals surface area contributed by atoms with Crippen molar-refractivity contribution in [3.8, 4) is 0 Å². The summed E-state index contributed by atoms with van der Waals surface area (Å²) in [5, 5.41) is 3.36. The molecule has 13 heavy (non-hydrogen) atoms. The standard InChI is InChI=1S/C10H18N2O/c1-2-5-12-7-8-6-11-4-3-9(8)10(12)13/h8-9,11H,2-7H2,1H3. The summed E-state index contributed by atoms with van der Waals surface area (Å²) >= 11 is 0. The Morgan fingerprint density at radius 1 is 1.62 bits per heavy atom. The smallest absolute Gasteiger partial charge is 0.226 e. The van der Waals surface area contributed by atoms with Crippen molar-refractivity contribution in [2.24, 2.45) is 11.8 Å². The highest BCUT2D eigenvalue weighted by Crippen LogP contribution is 2.29. The molecule has 0 aliphatic carbocycles. The van der Waals surface area contributed by atoms with Gasteiger partial charge in [0.2, 0.25) is 5.91 Å². The van der Waals surface area contributed by atoms with Crippen molar-refractivity contribution in [3.63, 3.8) is 0 Å². The molecule has 0 aromatic heterocycles. The maximum atomic E-state index is 11.8. The fourth-order valence-corrected chi connectivity index (χ4v) is 2.52. The van der Waals surface area contributed by atoms with Crippen LogP contribution in [0.2, 0.25) is 0 Å². The number of carbonyl (C=O) groups is 1. The van der Waals surface area contributed by atoms with E-state index < -0.39 is 0 Å². The Labute approximate surface area is 79.5 Å². The minimum absolute atomic E-state index is 0.341. The Morgan fingerprint density at radius 2 is 2.46 bits per heavy atom. The van der Waals surface area contributed by atoms with Gasteiger partial charge in [0.1, 0.15) is 0 Å². The monoisotopic (exact) mass is 182 g/mol. The predicted molar refractivity (Wildman–Crippen MR) is 51.3 cm³/mol. The lowest BCUT2D eigenvalue weighted by Crippen LogP contribution is -2.36. The maximum Gasteiger partial charge on any atom is 0.226 e. The predicted octanol–water partition coefficient (Wildman–Crippen LogP) is 0.464. The second kappa shape index (κ2) is 3.66. The lowest BCUT2D eigenvalue weighted by atomic mass is 9.89. The molecule has 2 aliphatic heterocycles. The highest BCUT2D eigenvalue weighted by molar-refractivity contribution is 5.81. The molecular weight excluding hydrogens is 164 g/mol. The number of hydrogen-bond acceptors (Lipinski definition) is 2. The van der Waals surface area contributed by atoms with Crippen LogP contribution >= 0.6 is 0 Å². The van der Waals surface area contributed by atoms with Gasteiger partial charge in [0.15, 0.2) is 0 Å². The van der Waals surface area contributed by atoms with Crippen LogP contribution in [0.1, 0.15) is 19.8 Å². The van der Waals surface area contributed by atoms with E-state index in [0.29, 0.717) is 17.7 Å². The van der Waals surface area contributed by atoms with E-state index in [1.807, 2.05) is 4.90 Å². The molecule has 2 rings (SSSR count). The summed E-state index contributed by atoms with van der Waals surface area (Å²) in [4.78, 5) is 13.9. The topological polar surface area (TPSA) is 32.3 Å². The average molecular weight is 182 g/mol. The molecule has 1 amide bonds. The molecule has 2 atom stereocenters. The Morgan fingerprint density at radius 3 is 3.15 bits per heavy atom. The van der Waals surface area contributed by atoms with Gasteiger partial charge in [0.05, 0.1) is 0 Å². The Kier molecular flexibility index (Phi) is 2.54.